The number of aryl methyl sites for hydroxylation is 2. The smallest absolute Gasteiger partial charge is 0.222 e. The minimum Gasteiger partial charge on any atom is -0.368 e. The molecular weight excluding hydrogens is 334 g/mol. The third-order valence-corrected chi connectivity index (χ3v) is 6.14. The van der Waals surface area contributed by atoms with E-state index in [2.05, 4.69) is 56.2 Å². The summed E-state index contributed by atoms with van der Waals surface area (Å²) in [5.41, 5.74) is 8.68. The van der Waals surface area contributed by atoms with Gasteiger partial charge in [-0.1, -0.05) is 30.3 Å². The number of hydrogen-bond acceptors (Lipinski definition) is 5. The molecule has 2 aliphatic heterocycles. The molecule has 27 heavy (non-hydrogen) atoms. The van der Waals surface area contributed by atoms with Crippen molar-refractivity contribution >= 4 is 11.8 Å². The summed E-state index contributed by atoms with van der Waals surface area (Å²) in [4.78, 5) is 13.8. The maximum atomic E-state index is 5.86. The first-order valence-corrected chi connectivity index (χ1v) is 10.2. The van der Waals surface area contributed by atoms with E-state index >= 15 is 0 Å². The Balaban J connectivity index is 1.33. The molecule has 1 aromatic carbocycles. The number of aromatic nitrogens is 2. The Morgan fingerprint density at radius 2 is 1.93 bits per heavy atom. The molecule has 0 saturated carbocycles. The van der Waals surface area contributed by atoms with Crippen LogP contribution in [0.25, 0.3) is 0 Å². The van der Waals surface area contributed by atoms with Crippen molar-refractivity contribution < 1.29 is 0 Å². The van der Waals surface area contributed by atoms with E-state index in [1.807, 2.05) is 6.92 Å². The van der Waals surface area contributed by atoms with E-state index in [0.29, 0.717) is 11.4 Å². The van der Waals surface area contributed by atoms with Gasteiger partial charge in [-0.25, -0.2) is 4.98 Å². The standard InChI is InChI=1S/C22H31N5/c1-18-15-20(25-21(23)24-18)27-14-11-22(17-27)10-6-13-26(16-22)12-5-9-19-7-3-2-4-8-19/h2-4,7-8,15H,5-6,9-14,16-17H2,1H3,(H2,23,24,25). The summed E-state index contributed by atoms with van der Waals surface area (Å²) in [6.45, 7) is 7.83. The first kappa shape index (κ1) is 18.2. The fourth-order valence-corrected chi connectivity index (χ4v) is 4.85. The lowest BCUT2D eigenvalue weighted by atomic mass is 9.79. The highest BCUT2D eigenvalue weighted by molar-refractivity contribution is 5.45. The largest absolute Gasteiger partial charge is 0.368 e. The molecule has 0 aliphatic carbocycles. The second kappa shape index (κ2) is 7.85. The van der Waals surface area contributed by atoms with Crippen molar-refractivity contribution in [2.45, 2.75) is 39.0 Å². The zero-order valence-corrected chi connectivity index (χ0v) is 16.4. The van der Waals surface area contributed by atoms with E-state index in [0.717, 1.165) is 24.6 Å². The third-order valence-electron chi connectivity index (χ3n) is 6.14. The average molecular weight is 366 g/mol. The summed E-state index contributed by atoms with van der Waals surface area (Å²) >= 11 is 0. The minimum atomic E-state index is 0.386. The molecule has 5 heteroatoms. The van der Waals surface area contributed by atoms with E-state index in [1.54, 1.807) is 0 Å². The Labute approximate surface area is 162 Å². The molecule has 0 radical (unpaired) electrons. The molecule has 2 aromatic rings. The lowest BCUT2D eigenvalue weighted by Gasteiger charge is -2.40. The Morgan fingerprint density at radius 3 is 2.74 bits per heavy atom. The van der Waals surface area contributed by atoms with Gasteiger partial charge >= 0.3 is 0 Å². The van der Waals surface area contributed by atoms with E-state index in [4.69, 9.17) is 5.73 Å². The fraction of sp³-hybridized carbons (Fsp3) is 0.545. The number of benzene rings is 1. The van der Waals surface area contributed by atoms with E-state index in [-0.39, 0.29) is 0 Å². The second-order valence-corrected chi connectivity index (χ2v) is 8.37. The van der Waals surface area contributed by atoms with Crippen molar-refractivity contribution in [3.63, 3.8) is 0 Å². The van der Waals surface area contributed by atoms with Crippen molar-refractivity contribution in [2.75, 3.05) is 43.4 Å². The monoisotopic (exact) mass is 365 g/mol. The van der Waals surface area contributed by atoms with E-state index in [9.17, 15) is 0 Å². The van der Waals surface area contributed by atoms with Gasteiger partial charge in [-0.2, -0.15) is 4.98 Å². The number of rotatable bonds is 5. The molecule has 5 nitrogen and oxygen atoms in total. The molecule has 2 saturated heterocycles. The normalized spacial score (nSPS) is 23.2. The molecule has 4 rings (SSSR count). The second-order valence-electron chi connectivity index (χ2n) is 8.37. The third kappa shape index (κ3) is 4.41. The van der Waals surface area contributed by atoms with Gasteiger partial charge in [0.1, 0.15) is 5.82 Å². The van der Waals surface area contributed by atoms with Crippen LogP contribution in [0.15, 0.2) is 36.4 Å². The molecule has 0 bridgehead atoms. The lowest BCUT2D eigenvalue weighted by molar-refractivity contribution is 0.104. The van der Waals surface area contributed by atoms with Crippen molar-refractivity contribution in [3.8, 4) is 0 Å². The van der Waals surface area contributed by atoms with Gasteiger partial charge in [0.05, 0.1) is 0 Å². The van der Waals surface area contributed by atoms with Crippen LogP contribution in [0.5, 0.6) is 0 Å². The summed E-state index contributed by atoms with van der Waals surface area (Å²) in [5, 5.41) is 0. The van der Waals surface area contributed by atoms with Crippen LogP contribution in [-0.2, 0) is 6.42 Å². The van der Waals surface area contributed by atoms with Gasteiger partial charge in [0.15, 0.2) is 0 Å². The van der Waals surface area contributed by atoms with E-state index in [1.165, 1.54) is 57.3 Å². The summed E-state index contributed by atoms with van der Waals surface area (Å²) < 4.78 is 0. The maximum absolute atomic E-state index is 5.86. The zero-order valence-electron chi connectivity index (χ0n) is 16.4. The van der Waals surface area contributed by atoms with Crippen LogP contribution in [0, 0.1) is 12.3 Å². The number of anilines is 2. The SMILES string of the molecule is Cc1cc(N2CCC3(CCCN(CCCc4ccccc4)C3)C2)nc(N)n1. The topological polar surface area (TPSA) is 58.3 Å². The number of nitrogens with two attached hydrogens (primary N) is 1. The van der Waals surface area contributed by atoms with Gasteiger partial charge in [-0.3, -0.25) is 0 Å². The molecule has 144 valence electrons. The average Bonchev–Trinajstić information content (AvgIpc) is 3.05. The van der Waals surface area contributed by atoms with Gasteiger partial charge in [-0.05, 0) is 57.7 Å². The first-order chi connectivity index (χ1) is 13.1. The summed E-state index contributed by atoms with van der Waals surface area (Å²) in [6.07, 6.45) is 6.31. The molecule has 1 atom stereocenters. The van der Waals surface area contributed by atoms with Crippen LogP contribution in [0.1, 0.15) is 36.9 Å². The molecule has 2 N–H and O–H groups in total. The molecule has 0 amide bonds. The number of nitrogen functional groups attached to an aromatic ring is 1. The van der Waals surface area contributed by atoms with Crippen LogP contribution in [0.3, 0.4) is 0 Å². The highest BCUT2D eigenvalue weighted by Crippen LogP contribution is 2.40. The molecule has 2 fully saturated rings. The first-order valence-electron chi connectivity index (χ1n) is 10.2. The molecule has 3 heterocycles. The van der Waals surface area contributed by atoms with Gasteiger partial charge in [-0.15, -0.1) is 0 Å². The van der Waals surface area contributed by atoms with Crippen molar-refractivity contribution in [2.24, 2.45) is 5.41 Å². The highest BCUT2D eigenvalue weighted by Gasteiger charge is 2.41. The van der Waals surface area contributed by atoms with Gasteiger partial charge in [0.25, 0.3) is 0 Å². The van der Waals surface area contributed by atoms with Crippen LogP contribution < -0.4 is 10.6 Å². The Bertz CT molecular complexity index is 742. The fourth-order valence-electron chi connectivity index (χ4n) is 4.85. The summed E-state index contributed by atoms with van der Waals surface area (Å²) in [6, 6.07) is 12.9. The van der Waals surface area contributed by atoms with E-state index < -0.39 is 0 Å². The van der Waals surface area contributed by atoms with Crippen LogP contribution >= 0.6 is 0 Å². The summed E-state index contributed by atoms with van der Waals surface area (Å²) in [5.74, 6) is 1.38. The van der Waals surface area contributed by atoms with Crippen LogP contribution in [0.2, 0.25) is 0 Å². The minimum absolute atomic E-state index is 0.386. The van der Waals surface area contributed by atoms with Gasteiger partial charge in [0, 0.05) is 36.8 Å². The van der Waals surface area contributed by atoms with Crippen LogP contribution in [0.4, 0.5) is 11.8 Å². The number of nitrogens with zero attached hydrogens (tertiary/aromatic N) is 4. The Morgan fingerprint density at radius 1 is 1.07 bits per heavy atom. The van der Waals surface area contributed by atoms with Crippen molar-refractivity contribution in [3.05, 3.63) is 47.7 Å². The Kier molecular flexibility index (Phi) is 5.30. The molecule has 1 aromatic heterocycles. The molecular formula is C22H31N5. The predicted octanol–water partition coefficient (Wildman–Crippen LogP) is 3.29. The Hall–Kier alpha value is -2.14. The highest BCUT2D eigenvalue weighted by atomic mass is 15.3. The van der Waals surface area contributed by atoms with Crippen LogP contribution in [-0.4, -0.2) is 47.6 Å². The lowest BCUT2D eigenvalue weighted by Crippen LogP contribution is -2.45. The van der Waals surface area contributed by atoms with Gasteiger partial charge < -0.3 is 15.5 Å². The summed E-state index contributed by atoms with van der Waals surface area (Å²) in [7, 11) is 0. The van der Waals surface area contributed by atoms with Gasteiger partial charge in [0.2, 0.25) is 5.95 Å². The zero-order chi connectivity index (χ0) is 18.7. The predicted molar refractivity (Wildman–Crippen MR) is 111 cm³/mol. The maximum Gasteiger partial charge on any atom is 0.222 e. The number of piperidine rings is 1. The van der Waals surface area contributed by atoms with Crippen molar-refractivity contribution in [1.29, 1.82) is 0 Å². The molecule has 1 spiro atoms. The molecule has 2 aliphatic rings. The van der Waals surface area contributed by atoms with Crippen molar-refractivity contribution in [1.82, 2.24) is 14.9 Å². The number of likely N-dealkylation sites (tertiary alicyclic amines) is 1. The quantitative estimate of drug-likeness (QED) is 0.881. The molecule has 1 unspecified atom stereocenters. The number of hydrogen-bond donors (Lipinski definition) is 1.